The minimum absolute atomic E-state index is 0.0550. The monoisotopic (exact) mass is 362 g/mol. The molecule has 0 aromatic heterocycles. The lowest BCUT2D eigenvalue weighted by atomic mass is 9.86. The molecule has 1 heterocycles. The lowest BCUT2D eigenvalue weighted by molar-refractivity contribution is -0.153. The topological polar surface area (TPSA) is 59.1 Å². The molecule has 0 bridgehead atoms. The average Bonchev–Trinajstić information content (AvgIpc) is 2.99. The van der Waals surface area contributed by atoms with Gasteiger partial charge in [-0.05, 0) is 44.5 Å². The number of likely N-dealkylation sites (N-methyl/N-ethyl adjacent to an activating group) is 1. The molecule has 2 rings (SSSR count). The Morgan fingerprint density at radius 3 is 2.31 bits per heavy atom. The first kappa shape index (κ1) is 20.2. The number of ether oxygens (including phenoxy) is 2. The number of esters is 1. The summed E-state index contributed by atoms with van der Waals surface area (Å²) in [5, 5.41) is 0. The number of benzene rings is 1. The van der Waals surface area contributed by atoms with E-state index < -0.39 is 5.54 Å². The first-order chi connectivity index (χ1) is 12.4. The van der Waals surface area contributed by atoms with E-state index in [1.54, 1.807) is 19.1 Å². The Morgan fingerprint density at radius 1 is 1.23 bits per heavy atom. The van der Waals surface area contributed by atoms with Gasteiger partial charge < -0.3 is 14.4 Å². The van der Waals surface area contributed by atoms with Crippen LogP contribution in [0.3, 0.4) is 0 Å². The highest BCUT2D eigenvalue weighted by Gasteiger charge is 2.56. The Kier molecular flexibility index (Phi) is 6.29. The molecule has 144 valence electrons. The van der Waals surface area contributed by atoms with Crippen molar-refractivity contribution in [1.82, 2.24) is 9.80 Å². The molecule has 1 fully saturated rings. The summed E-state index contributed by atoms with van der Waals surface area (Å²) in [7, 11) is 6.74. The summed E-state index contributed by atoms with van der Waals surface area (Å²) in [6, 6.07) is 7.52. The molecule has 1 amide bonds. The van der Waals surface area contributed by atoms with E-state index in [2.05, 4.69) is 0 Å². The Morgan fingerprint density at radius 2 is 1.85 bits per heavy atom. The van der Waals surface area contributed by atoms with Gasteiger partial charge in [-0.25, -0.2) is 0 Å². The van der Waals surface area contributed by atoms with Gasteiger partial charge in [-0.3, -0.25) is 14.5 Å². The predicted octanol–water partition coefficient (Wildman–Crippen LogP) is 2.49. The number of methoxy groups -OCH3 is 2. The Balaban J connectivity index is 2.51. The Hall–Kier alpha value is -2.08. The van der Waals surface area contributed by atoms with Gasteiger partial charge in [-0.1, -0.05) is 19.1 Å². The average molecular weight is 362 g/mol. The smallest absolute Gasteiger partial charge is 0.326 e. The summed E-state index contributed by atoms with van der Waals surface area (Å²) in [6.07, 6.45) is 1.04. The maximum atomic E-state index is 13.1. The fraction of sp³-hybridized carbons (Fsp3) is 0.600. The summed E-state index contributed by atoms with van der Waals surface area (Å²) in [6.45, 7) is 4.55. The minimum atomic E-state index is -0.797. The molecule has 1 aromatic carbocycles. The van der Waals surface area contributed by atoms with Crippen molar-refractivity contribution in [2.75, 3.05) is 34.9 Å². The van der Waals surface area contributed by atoms with Gasteiger partial charge in [0.15, 0.2) is 0 Å². The molecule has 26 heavy (non-hydrogen) atoms. The van der Waals surface area contributed by atoms with Gasteiger partial charge in [0.25, 0.3) is 0 Å². The standard InChI is InChI=1S/C20H30N2O4/c1-7-20(19(24)26-6)13-16(18(23)21(3)8-2)17(22(20)4)14-9-11-15(25-5)12-10-14/h9-12,16-17H,7-8,13H2,1-6H3/t16-,17-,20-/m0/s1. The molecule has 1 aromatic rings. The van der Waals surface area contributed by atoms with Gasteiger partial charge in [0.1, 0.15) is 11.3 Å². The van der Waals surface area contributed by atoms with Crippen LogP contribution < -0.4 is 4.74 Å². The highest BCUT2D eigenvalue weighted by atomic mass is 16.5. The van der Waals surface area contributed by atoms with E-state index in [0.717, 1.165) is 11.3 Å². The van der Waals surface area contributed by atoms with Crippen molar-refractivity contribution in [3.8, 4) is 5.75 Å². The molecule has 0 saturated carbocycles. The van der Waals surface area contributed by atoms with Crippen molar-refractivity contribution in [2.24, 2.45) is 5.92 Å². The fourth-order valence-corrected chi connectivity index (χ4v) is 4.03. The third-order valence-electron chi connectivity index (χ3n) is 5.81. The van der Waals surface area contributed by atoms with E-state index in [1.165, 1.54) is 7.11 Å². The van der Waals surface area contributed by atoms with Crippen LogP contribution in [0.15, 0.2) is 24.3 Å². The molecule has 3 atom stereocenters. The summed E-state index contributed by atoms with van der Waals surface area (Å²) < 4.78 is 10.4. The zero-order valence-electron chi connectivity index (χ0n) is 16.6. The van der Waals surface area contributed by atoms with Gasteiger partial charge in [0, 0.05) is 19.6 Å². The molecule has 0 aliphatic carbocycles. The number of hydrogen-bond acceptors (Lipinski definition) is 5. The zero-order chi connectivity index (χ0) is 19.5. The first-order valence-electron chi connectivity index (χ1n) is 9.06. The number of carbonyl (C=O) groups excluding carboxylic acids is 2. The van der Waals surface area contributed by atoms with Gasteiger partial charge in [0.05, 0.1) is 20.1 Å². The largest absolute Gasteiger partial charge is 0.497 e. The SMILES string of the molecule is CCN(C)C(=O)[C@H]1C[C@@](CC)(C(=O)OC)N(C)[C@H]1c1ccc(OC)cc1. The number of hydrogen-bond donors (Lipinski definition) is 0. The van der Waals surface area contributed by atoms with Gasteiger partial charge in [0.2, 0.25) is 5.91 Å². The molecule has 6 heteroatoms. The second kappa shape index (κ2) is 8.08. The maximum absolute atomic E-state index is 13.1. The molecule has 1 aliphatic heterocycles. The second-order valence-electron chi connectivity index (χ2n) is 6.87. The van der Waals surface area contributed by atoms with Gasteiger partial charge in [-0.15, -0.1) is 0 Å². The normalized spacial score (nSPS) is 25.8. The summed E-state index contributed by atoms with van der Waals surface area (Å²) >= 11 is 0. The van der Waals surface area contributed by atoms with E-state index in [-0.39, 0.29) is 23.8 Å². The highest BCUT2D eigenvalue weighted by Crippen LogP contribution is 2.48. The first-order valence-corrected chi connectivity index (χ1v) is 9.06. The van der Waals surface area contributed by atoms with E-state index in [0.29, 0.717) is 19.4 Å². The molecule has 0 radical (unpaired) electrons. The molecule has 0 spiro atoms. The van der Waals surface area contributed by atoms with E-state index >= 15 is 0 Å². The molecule has 0 N–H and O–H groups in total. The summed E-state index contributed by atoms with van der Waals surface area (Å²) in [5.74, 6) is 0.227. The Bertz CT molecular complexity index is 646. The highest BCUT2D eigenvalue weighted by molar-refractivity contribution is 5.86. The van der Waals surface area contributed by atoms with Crippen molar-refractivity contribution in [1.29, 1.82) is 0 Å². The second-order valence-corrected chi connectivity index (χ2v) is 6.87. The lowest BCUT2D eigenvalue weighted by Crippen LogP contribution is -2.49. The van der Waals surface area contributed by atoms with E-state index in [1.807, 2.05) is 50.1 Å². The van der Waals surface area contributed by atoms with E-state index in [9.17, 15) is 9.59 Å². The van der Waals surface area contributed by atoms with Gasteiger partial charge in [-0.2, -0.15) is 0 Å². The van der Waals surface area contributed by atoms with Crippen molar-refractivity contribution >= 4 is 11.9 Å². The van der Waals surface area contributed by atoms with Crippen LogP contribution in [0.1, 0.15) is 38.3 Å². The quantitative estimate of drug-likeness (QED) is 0.728. The van der Waals surface area contributed by atoms with E-state index in [4.69, 9.17) is 9.47 Å². The van der Waals surface area contributed by atoms with Crippen LogP contribution in [0.2, 0.25) is 0 Å². The zero-order valence-corrected chi connectivity index (χ0v) is 16.6. The predicted molar refractivity (Wildman–Crippen MR) is 100.0 cm³/mol. The minimum Gasteiger partial charge on any atom is -0.497 e. The number of carbonyl (C=O) groups is 2. The number of likely N-dealkylation sites (tertiary alicyclic amines) is 1. The molecule has 0 unspecified atom stereocenters. The van der Waals surface area contributed by atoms with Gasteiger partial charge >= 0.3 is 5.97 Å². The van der Waals surface area contributed by atoms with Crippen molar-refractivity contribution in [3.63, 3.8) is 0 Å². The van der Waals surface area contributed by atoms with Crippen LogP contribution in [-0.2, 0) is 14.3 Å². The number of rotatable bonds is 6. The van der Waals surface area contributed by atoms with Crippen LogP contribution in [0.5, 0.6) is 5.75 Å². The number of amides is 1. The van der Waals surface area contributed by atoms with Crippen molar-refractivity contribution in [3.05, 3.63) is 29.8 Å². The van der Waals surface area contributed by atoms with Crippen LogP contribution in [0, 0.1) is 5.92 Å². The van der Waals surface area contributed by atoms with Crippen molar-refractivity contribution in [2.45, 2.75) is 38.3 Å². The van der Waals surface area contributed by atoms with Crippen LogP contribution >= 0.6 is 0 Å². The third kappa shape index (κ3) is 3.30. The van der Waals surface area contributed by atoms with Crippen LogP contribution in [0.25, 0.3) is 0 Å². The fourth-order valence-electron chi connectivity index (χ4n) is 4.03. The van der Waals surface area contributed by atoms with Crippen LogP contribution in [0.4, 0.5) is 0 Å². The Labute approximate surface area is 156 Å². The molecule has 1 saturated heterocycles. The summed E-state index contributed by atoms with van der Waals surface area (Å²) in [5.41, 5.74) is 0.198. The van der Waals surface area contributed by atoms with Crippen molar-refractivity contribution < 1.29 is 19.1 Å². The maximum Gasteiger partial charge on any atom is 0.326 e. The molecule has 6 nitrogen and oxygen atoms in total. The molecule has 1 aliphatic rings. The summed E-state index contributed by atoms with van der Waals surface area (Å²) in [4.78, 5) is 29.5. The third-order valence-corrected chi connectivity index (χ3v) is 5.81. The lowest BCUT2D eigenvalue weighted by Gasteiger charge is -2.35. The van der Waals surface area contributed by atoms with Crippen LogP contribution in [-0.4, -0.2) is 62.1 Å². The molecular weight excluding hydrogens is 332 g/mol. The number of nitrogens with zero attached hydrogens (tertiary/aromatic N) is 2. The molecular formula is C20H30N2O4.